The van der Waals surface area contributed by atoms with Crippen molar-refractivity contribution < 1.29 is 14.6 Å². The van der Waals surface area contributed by atoms with E-state index in [1.54, 1.807) is 14.2 Å². The first-order chi connectivity index (χ1) is 13.6. The van der Waals surface area contributed by atoms with Gasteiger partial charge in [-0.3, -0.25) is 9.89 Å². The number of nitrogens with zero attached hydrogens (tertiary/aromatic N) is 3. The van der Waals surface area contributed by atoms with Gasteiger partial charge in [0.1, 0.15) is 11.5 Å². The molecule has 1 saturated carbocycles. The van der Waals surface area contributed by atoms with Crippen LogP contribution in [0, 0.1) is 0 Å². The normalized spacial score (nSPS) is 19.2. The number of ether oxygens (including phenoxy) is 2. The van der Waals surface area contributed by atoms with Gasteiger partial charge in [0.25, 0.3) is 0 Å². The summed E-state index contributed by atoms with van der Waals surface area (Å²) in [5.41, 5.74) is 0.564. The lowest BCUT2D eigenvalue weighted by molar-refractivity contribution is -0.0238. The minimum atomic E-state index is -0.578. The van der Waals surface area contributed by atoms with Crippen LogP contribution in [0.1, 0.15) is 31.7 Å². The van der Waals surface area contributed by atoms with E-state index in [0.717, 1.165) is 81.6 Å². The van der Waals surface area contributed by atoms with Crippen molar-refractivity contribution in [2.45, 2.75) is 38.3 Å². The summed E-state index contributed by atoms with van der Waals surface area (Å²) in [5, 5.41) is 13.7. The molecule has 2 fully saturated rings. The molecule has 0 bridgehead atoms. The monoisotopic (exact) mass is 518 g/mol. The molecular formula is C21H35IN4O3. The molecule has 7 nitrogen and oxygen atoms in total. The summed E-state index contributed by atoms with van der Waals surface area (Å²) in [5.74, 6) is 2.67. The molecule has 2 aliphatic rings. The fourth-order valence-corrected chi connectivity index (χ4v) is 3.76. The van der Waals surface area contributed by atoms with E-state index in [-0.39, 0.29) is 24.0 Å². The van der Waals surface area contributed by atoms with Crippen molar-refractivity contribution in [1.82, 2.24) is 15.1 Å². The predicted molar refractivity (Wildman–Crippen MR) is 127 cm³/mol. The van der Waals surface area contributed by atoms with Gasteiger partial charge in [-0.25, -0.2) is 0 Å². The van der Waals surface area contributed by atoms with Gasteiger partial charge in [-0.15, -0.1) is 24.0 Å². The molecule has 1 aromatic rings. The van der Waals surface area contributed by atoms with Crippen LogP contribution in [0.15, 0.2) is 23.2 Å². The van der Waals surface area contributed by atoms with Crippen molar-refractivity contribution >= 4 is 29.9 Å². The number of hydrogen-bond acceptors (Lipinski definition) is 5. The van der Waals surface area contributed by atoms with Crippen molar-refractivity contribution in [1.29, 1.82) is 0 Å². The van der Waals surface area contributed by atoms with E-state index in [4.69, 9.17) is 14.5 Å². The molecule has 0 atom stereocenters. The zero-order valence-corrected chi connectivity index (χ0v) is 20.1. The van der Waals surface area contributed by atoms with E-state index >= 15 is 0 Å². The summed E-state index contributed by atoms with van der Waals surface area (Å²) in [7, 11) is 3.39. The minimum Gasteiger partial charge on any atom is -0.497 e. The number of aliphatic hydroxyl groups is 1. The molecule has 8 heteroatoms. The Morgan fingerprint density at radius 2 is 1.90 bits per heavy atom. The average Bonchev–Trinajstić information content (AvgIpc) is 2.70. The number of methoxy groups -OCH3 is 2. The Morgan fingerprint density at radius 1 is 1.17 bits per heavy atom. The Balaban J connectivity index is 0.00000300. The van der Waals surface area contributed by atoms with Crippen LogP contribution in [0.5, 0.6) is 11.5 Å². The number of benzene rings is 1. The van der Waals surface area contributed by atoms with E-state index in [0.29, 0.717) is 6.54 Å². The summed E-state index contributed by atoms with van der Waals surface area (Å²) < 4.78 is 10.9. The molecule has 2 N–H and O–H groups in total. The lowest BCUT2D eigenvalue weighted by Crippen LogP contribution is -2.52. The van der Waals surface area contributed by atoms with Crippen LogP contribution >= 0.6 is 24.0 Å². The molecule has 0 unspecified atom stereocenters. The van der Waals surface area contributed by atoms with Crippen LogP contribution in [-0.4, -0.2) is 80.0 Å². The molecule has 1 aromatic carbocycles. The van der Waals surface area contributed by atoms with Crippen molar-refractivity contribution in [3.8, 4) is 11.5 Å². The molecule has 1 saturated heterocycles. The highest BCUT2D eigenvalue weighted by Gasteiger charge is 2.34. The molecule has 1 heterocycles. The van der Waals surface area contributed by atoms with Crippen LogP contribution < -0.4 is 14.8 Å². The third-order valence-electron chi connectivity index (χ3n) is 5.70. The number of rotatable bonds is 7. The van der Waals surface area contributed by atoms with Gasteiger partial charge >= 0.3 is 0 Å². The maximum atomic E-state index is 10.3. The van der Waals surface area contributed by atoms with E-state index in [9.17, 15) is 5.11 Å². The van der Waals surface area contributed by atoms with Gasteiger partial charge in [0, 0.05) is 44.8 Å². The summed E-state index contributed by atoms with van der Waals surface area (Å²) in [6, 6.07) is 5.94. The molecule has 0 spiro atoms. The van der Waals surface area contributed by atoms with Crippen molar-refractivity contribution in [2.75, 3.05) is 53.5 Å². The van der Waals surface area contributed by atoms with E-state index in [1.165, 1.54) is 0 Å². The topological polar surface area (TPSA) is 69.6 Å². The molecule has 0 amide bonds. The summed E-state index contributed by atoms with van der Waals surface area (Å²) in [4.78, 5) is 9.44. The van der Waals surface area contributed by atoms with E-state index in [2.05, 4.69) is 28.1 Å². The zero-order chi connectivity index (χ0) is 20.0. The highest BCUT2D eigenvalue weighted by atomic mass is 127. The maximum absolute atomic E-state index is 10.3. The first-order valence-electron chi connectivity index (χ1n) is 10.3. The standard InChI is InChI=1S/C21H34N4O3.HI/c1-4-22-20(23-16-21(26)8-5-9-21)25-12-10-24(11-13-25)15-17-14-18(27-2)6-7-19(17)28-3;/h6-7,14,26H,4-5,8-13,15-16H2,1-3H3,(H,22,23);1H. The van der Waals surface area contributed by atoms with Gasteiger partial charge in [-0.1, -0.05) is 0 Å². The minimum absolute atomic E-state index is 0. The largest absolute Gasteiger partial charge is 0.497 e. The van der Waals surface area contributed by atoms with Crippen LogP contribution in [0.3, 0.4) is 0 Å². The van der Waals surface area contributed by atoms with Crippen LogP contribution in [0.25, 0.3) is 0 Å². The van der Waals surface area contributed by atoms with Crippen LogP contribution in [0.2, 0.25) is 0 Å². The maximum Gasteiger partial charge on any atom is 0.194 e. The fraction of sp³-hybridized carbons (Fsp3) is 0.667. The van der Waals surface area contributed by atoms with Gasteiger partial charge in [-0.2, -0.15) is 0 Å². The van der Waals surface area contributed by atoms with E-state index in [1.807, 2.05) is 12.1 Å². The van der Waals surface area contributed by atoms with Gasteiger partial charge in [0.05, 0.1) is 26.4 Å². The highest BCUT2D eigenvalue weighted by Crippen LogP contribution is 2.31. The number of nitrogens with one attached hydrogen (secondary N) is 1. The van der Waals surface area contributed by atoms with Crippen molar-refractivity contribution in [2.24, 2.45) is 4.99 Å². The van der Waals surface area contributed by atoms with Crippen LogP contribution in [0.4, 0.5) is 0 Å². The summed E-state index contributed by atoms with van der Waals surface area (Å²) in [6.07, 6.45) is 2.84. The second-order valence-corrected chi connectivity index (χ2v) is 7.69. The molecule has 1 aliphatic heterocycles. The Hall–Kier alpha value is -1.26. The highest BCUT2D eigenvalue weighted by molar-refractivity contribution is 14.0. The Kier molecular flexibility index (Phi) is 9.29. The van der Waals surface area contributed by atoms with Crippen LogP contribution in [-0.2, 0) is 6.54 Å². The molecule has 1 aliphatic carbocycles. The zero-order valence-electron chi connectivity index (χ0n) is 17.8. The molecule has 164 valence electrons. The Labute approximate surface area is 191 Å². The molecule has 29 heavy (non-hydrogen) atoms. The quantitative estimate of drug-likeness (QED) is 0.328. The number of hydrogen-bond donors (Lipinski definition) is 2. The molecule has 3 rings (SSSR count). The number of piperazine rings is 1. The fourth-order valence-electron chi connectivity index (χ4n) is 3.76. The number of guanidine groups is 1. The third-order valence-corrected chi connectivity index (χ3v) is 5.70. The summed E-state index contributed by atoms with van der Waals surface area (Å²) >= 11 is 0. The SMILES string of the molecule is CCNC(=NCC1(O)CCC1)N1CCN(Cc2cc(OC)ccc2OC)CC1.I. The van der Waals surface area contributed by atoms with Gasteiger partial charge in [0.15, 0.2) is 5.96 Å². The number of aliphatic imine (C=N–C) groups is 1. The van der Waals surface area contributed by atoms with E-state index < -0.39 is 5.60 Å². The molecule has 0 aromatic heterocycles. The van der Waals surface area contributed by atoms with Crippen molar-refractivity contribution in [3.05, 3.63) is 23.8 Å². The first-order valence-corrected chi connectivity index (χ1v) is 10.3. The first kappa shape index (κ1) is 24.0. The lowest BCUT2D eigenvalue weighted by Gasteiger charge is -2.38. The smallest absolute Gasteiger partial charge is 0.194 e. The van der Waals surface area contributed by atoms with Gasteiger partial charge < -0.3 is 24.8 Å². The van der Waals surface area contributed by atoms with Gasteiger partial charge in [-0.05, 0) is 44.4 Å². The Bertz CT molecular complexity index is 674. The average molecular weight is 518 g/mol. The van der Waals surface area contributed by atoms with Crippen molar-refractivity contribution in [3.63, 3.8) is 0 Å². The third kappa shape index (κ3) is 6.36. The molecule has 0 radical (unpaired) electrons. The lowest BCUT2D eigenvalue weighted by atomic mass is 9.80. The second kappa shape index (κ2) is 11.2. The van der Waals surface area contributed by atoms with Gasteiger partial charge in [0.2, 0.25) is 0 Å². The Morgan fingerprint density at radius 3 is 2.45 bits per heavy atom. The number of halogens is 1. The second-order valence-electron chi connectivity index (χ2n) is 7.69. The summed E-state index contributed by atoms with van der Waals surface area (Å²) in [6.45, 7) is 7.98. The predicted octanol–water partition coefficient (Wildman–Crippen LogP) is 2.32. The molecular weight excluding hydrogens is 483 g/mol.